The Morgan fingerprint density at radius 3 is 2.61 bits per heavy atom. The summed E-state index contributed by atoms with van der Waals surface area (Å²) >= 11 is 0. The van der Waals surface area contributed by atoms with Crippen molar-refractivity contribution >= 4 is 0 Å². The summed E-state index contributed by atoms with van der Waals surface area (Å²) in [6.07, 6.45) is 16.7. The lowest BCUT2D eigenvalue weighted by atomic mass is 9.47. The van der Waals surface area contributed by atoms with E-state index in [9.17, 15) is 0 Å². The van der Waals surface area contributed by atoms with Crippen LogP contribution in [0.25, 0.3) is 11.3 Å². The Morgan fingerprint density at radius 2 is 1.79 bits per heavy atom. The monoisotopic (exact) mass is 368 g/mol. The Labute approximate surface area is 168 Å². The number of hydrogen-bond acceptors (Lipinski definition) is 0. The second kappa shape index (κ2) is 5.17. The van der Waals surface area contributed by atoms with Crippen LogP contribution in [-0.2, 0) is 19.3 Å². The molecule has 6 aliphatic rings. The highest BCUT2D eigenvalue weighted by atomic mass is 15.0. The summed E-state index contributed by atoms with van der Waals surface area (Å²) in [5.74, 6) is 2.30. The van der Waals surface area contributed by atoms with Gasteiger partial charge in [0.2, 0.25) is 5.69 Å². The second-order valence-corrected chi connectivity index (χ2v) is 10.7. The van der Waals surface area contributed by atoms with Crippen LogP contribution in [0, 0.1) is 11.3 Å². The summed E-state index contributed by atoms with van der Waals surface area (Å²) in [6, 6.07) is 8.32. The predicted molar refractivity (Wildman–Crippen MR) is 113 cm³/mol. The zero-order valence-electron chi connectivity index (χ0n) is 17.2. The minimum absolute atomic E-state index is 0.498. The van der Waals surface area contributed by atoms with Crippen molar-refractivity contribution in [3.8, 4) is 11.3 Å². The average Bonchev–Trinajstić information content (AvgIpc) is 3.21. The van der Waals surface area contributed by atoms with Gasteiger partial charge in [-0.2, -0.15) is 4.57 Å². The largest absolute Gasteiger partial charge is 0.213 e. The topological polar surface area (TPSA) is 3.88 Å². The molecule has 0 saturated heterocycles. The van der Waals surface area contributed by atoms with Crippen LogP contribution < -0.4 is 4.57 Å². The van der Waals surface area contributed by atoms with Gasteiger partial charge >= 0.3 is 0 Å². The number of rotatable bonds is 0. The lowest BCUT2D eigenvalue weighted by Gasteiger charge is -2.56. The molecule has 5 aliphatic carbocycles. The molecule has 0 amide bonds. The number of allylic oxidation sites excluding steroid dienone is 2. The molecule has 2 bridgehead atoms. The number of hydrogen-bond donors (Lipinski definition) is 0. The van der Waals surface area contributed by atoms with Crippen molar-refractivity contribution in [2.24, 2.45) is 11.3 Å². The summed E-state index contributed by atoms with van der Waals surface area (Å²) in [4.78, 5) is 0. The minimum Gasteiger partial charge on any atom is -0.191 e. The van der Waals surface area contributed by atoms with Crippen LogP contribution in [0.5, 0.6) is 0 Å². The molecular formula is C27H30N+. The van der Waals surface area contributed by atoms with Gasteiger partial charge in [-0.1, -0.05) is 26.0 Å². The van der Waals surface area contributed by atoms with Crippen LogP contribution in [0.3, 0.4) is 0 Å². The fourth-order valence-electron chi connectivity index (χ4n) is 7.30. The van der Waals surface area contributed by atoms with E-state index in [1.807, 2.05) is 0 Å². The van der Waals surface area contributed by atoms with Crippen molar-refractivity contribution < 1.29 is 4.57 Å². The Hall–Kier alpha value is -1.89. The molecule has 1 nitrogen and oxygen atoms in total. The van der Waals surface area contributed by atoms with Crippen molar-refractivity contribution in [3.05, 3.63) is 64.4 Å². The standard InChI is InChI=1S/C27H30N/c1-27(2)19-10-18-13-26-22-12-17-7-4-3-6-16(17)11-21(22)20-8-5-9-25(20)28(26)15-23(18)24(27)14-19/h5,9,11-13,15,19-20,24-25H,3-4,6-8,10,14H2,1-2H3/q+1. The zero-order chi connectivity index (χ0) is 18.6. The highest BCUT2D eigenvalue weighted by molar-refractivity contribution is 5.68. The first kappa shape index (κ1) is 16.0. The predicted octanol–water partition coefficient (Wildman–Crippen LogP) is 5.80. The number of pyridine rings is 1. The van der Waals surface area contributed by atoms with Crippen molar-refractivity contribution in [1.29, 1.82) is 0 Å². The van der Waals surface area contributed by atoms with Crippen molar-refractivity contribution in [2.45, 2.75) is 76.7 Å². The first-order valence-electron chi connectivity index (χ1n) is 11.5. The molecule has 28 heavy (non-hydrogen) atoms. The maximum atomic E-state index is 2.67. The molecule has 4 unspecified atom stereocenters. The summed E-state index contributed by atoms with van der Waals surface area (Å²) in [5, 5.41) is 0. The lowest BCUT2D eigenvalue weighted by Crippen LogP contribution is -2.52. The minimum atomic E-state index is 0.498. The summed E-state index contributed by atoms with van der Waals surface area (Å²) < 4.78 is 2.67. The molecule has 0 radical (unpaired) electrons. The zero-order valence-corrected chi connectivity index (χ0v) is 17.2. The molecule has 1 saturated carbocycles. The smallest absolute Gasteiger partial charge is 0.191 e. The number of fused-ring (bicyclic) bond motifs is 7. The molecule has 2 aromatic rings. The fraction of sp³-hybridized carbons (Fsp3) is 0.519. The number of nitrogens with zero attached hydrogens (tertiary/aromatic N) is 1. The van der Waals surface area contributed by atoms with Crippen LogP contribution in [0.15, 0.2) is 36.5 Å². The molecule has 0 N–H and O–H groups in total. The highest BCUT2D eigenvalue weighted by Gasteiger charge is 2.54. The van der Waals surface area contributed by atoms with Crippen molar-refractivity contribution in [2.75, 3.05) is 0 Å². The number of aromatic nitrogens is 1. The normalized spacial score (nSPS) is 32.5. The molecular weight excluding hydrogens is 338 g/mol. The Kier molecular flexibility index (Phi) is 2.95. The summed E-state index contributed by atoms with van der Waals surface area (Å²) in [7, 11) is 0. The van der Waals surface area contributed by atoms with E-state index in [0.717, 1.165) is 11.8 Å². The van der Waals surface area contributed by atoms with Crippen LogP contribution >= 0.6 is 0 Å². The summed E-state index contributed by atoms with van der Waals surface area (Å²) in [6.45, 7) is 5.00. The third kappa shape index (κ3) is 1.86. The van der Waals surface area contributed by atoms with Gasteiger partial charge in [-0.05, 0) is 96.6 Å². The van der Waals surface area contributed by atoms with Gasteiger partial charge in [0.1, 0.15) is 0 Å². The molecule has 1 heteroatoms. The highest BCUT2D eigenvalue weighted by Crippen LogP contribution is 2.62. The van der Waals surface area contributed by atoms with Gasteiger partial charge < -0.3 is 0 Å². The maximum Gasteiger partial charge on any atom is 0.213 e. The van der Waals surface area contributed by atoms with Crippen LogP contribution in [0.2, 0.25) is 0 Å². The SMILES string of the molecule is CC1(C)C2Cc3cc4[n+](cc3C1C2)C1C=CCC1c1cc2c(cc1-4)CCCC2. The van der Waals surface area contributed by atoms with Gasteiger partial charge in [-0.15, -0.1) is 0 Å². The van der Waals surface area contributed by atoms with E-state index in [4.69, 9.17) is 0 Å². The molecule has 142 valence electrons. The molecule has 4 atom stereocenters. The van der Waals surface area contributed by atoms with Crippen molar-refractivity contribution in [1.82, 2.24) is 0 Å². The van der Waals surface area contributed by atoms with Gasteiger partial charge in [-0.25, -0.2) is 0 Å². The third-order valence-corrected chi connectivity index (χ3v) is 9.20. The first-order chi connectivity index (χ1) is 13.6. The first-order valence-corrected chi connectivity index (χ1v) is 11.5. The third-order valence-electron chi connectivity index (χ3n) is 9.20. The summed E-state index contributed by atoms with van der Waals surface area (Å²) in [5.41, 5.74) is 11.8. The average molecular weight is 369 g/mol. The molecule has 0 spiro atoms. The molecule has 8 rings (SSSR count). The van der Waals surface area contributed by atoms with Gasteiger partial charge in [0.15, 0.2) is 12.2 Å². The molecule has 1 aliphatic heterocycles. The Morgan fingerprint density at radius 1 is 0.964 bits per heavy atom. The lowest BCUT2D eigenvalue weighted by molar-refractivity contribution is -0.706. The van der Waals surface area contributed by atoms with Crippen LogP contribution in [-0.4, -0.2) is 0 Å². The number of aryl methyl sites for hydroxylation is 2. The quantitative estimate of drug-likeness (QED) is 0.408. The Bertz CT molecular complexity index is 1060. The van der Waals surface area contributed by atoms with Gasteiger partial charge in [0.05, 0.1) is 11.5 Å². The second-order valence-electron chi connectivity index (χ2n) is 10.7. The van der Waals surface area contributed by atoms with Crippen LogP contribution in [0.4, 0.5) is 0 Å². The van der Waals surface area contributed by atoms with Crippen molar-refractivity contribution in [3.63, 3.8) is 0 Å². The van der Waals surface area contributed by atoms with E-state index < -0.39 is 0 Å². The van der Waals surface area contributed by atoms with E-state index >= 15 is 0 Å². The Balaban J connectivity index is 1.47. The van der Waals surface area contributed by atoms with E-state index in [-0.39, 0.29) is 0 Å². The maximum absolute atomic E-state index is 2.67. The number of benzene rings is 1. The molecule has 1 aromatic heterocycles. The molecule has 1 fully saturated rings. The van der Waals surface area contributed by atoms with E-state index in [1.54, 1.807) is 33.4 Å². The molecule has 1 aromatic carbocycles. The van der Waals surface area contributed by atoms with Gasteiger partial charge in [-0.3, -0.25) is 0 Å². The van der Waals surface area contributed by atoms with Gasteiger partial charge in [0, 0.05) is 11.6 Å². The molecule has 2 heterocycles. The van der Waals surface area contributed by atoms with Gasteiger partial charge in [0.25, 0.3) is 0 Å². The van der Waals surface area contributed by atoms with E-state index in [0.29, 0.717) is 17.4 Å². The van der Waals surface area contributed by atoms with Crippen LogP contribution in [0.1, 0.15) is 85.2 Å². The van der Waals surface area contributed by atoms with E-state index in [2.05, 4.69) is 55.0 Å². The van der Waals surface area contributed by atoms with E-state index in [1.165, 1.54) is 50.6 Å². The fourth-order valence-corrected chi connectivity index (χ4v) is 7.30.